The highest BCUT2D eigenvalue weighted by Crippen LogP contribution is 2.16. The Morgan fingerprint density at radius 1 is 1.40 bits per heavy atom. The van der Waals surface area contributed by atoms with E-state index < -0.39 is 0 Å². The highest BCUT2D eigenvalue weighted by Gasteiger charge is 2.07. The molecule has 2 aromatic rings. The third-order valence-electron chi connectivity index (χ3n) is 2.62. The van der Waals surface area contributed by atoms with Crippen LogP contribution in [0.1, 0.15) is 19.2 Å². The van der Waals surface area contributed by atoms with Gasteiger partial charge in [0.2, 0.25) is 0 Å². The molecule has 78 valence electrons. The molecule has 0 bridgehead atoms. The van der Waals surface area contributed by atoms with Crippen molar-refractivity contribution in [3.63, 3.8) is 0 Å². The van der Waals surface area contributed by atoms with Crippen molar-refractivity contribution in [1.82, 2.24) is 9.55 Å². The molecule has 0 spiro atoms. The second-order valence-electron chi connectivity index (χ2n) is 3.59. The second kappa shape index (κ2) is 4.30. The maximum absolute atomic E-state index is 4.64. The second-order valence-corrected chi connectivity index (χ2v) is 3.59. The maximum atomic E-state index is 4.64. The number of imidazole rings is 1. The fourth-order valence-electron chi connectivity index (χ4n) is 1.90. The van der Waals surface area contributed by atoms with Crippen LogP contribution in [0.2, 0.25) is 0 Å². The third kappa shape index (κ3) is 1.80. The summed E-state index contributed by atoms with van der Waals surface area (Å²) in [5.74, 6) is 1.17. The van der Waals surface area contributed by atoms with Crippen molar-refractivity contribution in [3.8, 4) is 0 Å². The summed E-state index contributed by atoms with van der Waals surface area (Å²) in [6.45, 7) is 6.89. The quantitative estimate of drug-likeness (QED) is 0.693. The minimum atomic E-state index is 0.978. The molecule has 0 aliphatic carbocycles. The Kier molecular flexibility index (Phi) is 2.86. The highest BCUT2D eigenvalue weighted by molar-refractivity contribution is 5.75. The number of rotatable bonds is 4. The molecule has 0 saturated carbocycles. The predicted molar refractivity (Wildman–Crippen MR) is 63.9 cm³/mol. The van der Waals surface area contributed by atoms with E-state index in [0.717, 1.165) is 24.9 Å². The Labute approximate surface area is 90.3 Å². The van der Waals surface area contributed by atoms with Crippen LogP contribution in [-0.2, 0) is 13.0 Å². The summed E-state index contributed by atoms with van der Waals surface area (Å²) in [5.41, 5.74) is 2.33. The molecular weight excluding hydrogens is 184 g/mol. The predicted octanol–water partition coefficient (Wildman–Crippen LogP) is 3.17. The molecule has 0 fully saturated rings. The summed E-state index contributed by atoms with van der Waals surface area (Å²) >= 11 is 0. The number of nitrogens with zero attached hydrogens (tertiary/aromatic N) is 2. The lowest BCUT2D eigenvalue weighted by atomic mass is 10.3. The van der Waals surface area contributed by atoms with Crippen molar-refractivity contribution in [2.45, 2.75) is 26.3 Å². The zero-order chi connectivity index (χ0) is 10.7. The van der Waals surface area contributed by atoms with Crippen LogP contribution in [-0.4, -0.2) is 9.55 Å². The topological polar surface area (TPSA) is 17.8 Å². The van der Waals surface area contributed by atoms with Gasteiger partial charge in [-0.05, 0) is 25.5 Å². The molecule has 2 heteroatoms. The van der Waals surface area contributed by atoms with Crippen molar-refractivity contribution in [2.24, 2.45) is 0 Å². The summed E-state index contributed by atoms with van der Waals surface area (Å²) in [5, 5.41) is 0. The van der Waals surface area contributed by atoms with E-state index in [-0.39, 0.29) is 0 Å². The summed E-state index contributed by atoms with van der Waals surface area (Å²) < 4.78 is 2.28. The van der Waals surface area contributed by atoms with Crippen LogP contribution in [0.3, 0.4) is 0 Å². The largest absolute Gasteiger partial charge is 0.328 e. The first kappa shape index (κ1) is 9.97. The van der Waals surface area contributed by atoms with E-state index >= 15 is 0 Å². The van der Waals surface area contributed by atoms with E-state index in [9.17, 15) is 0 Å². The number of aryl methyl sites for hydroxylation is 2. The van der Waals surface area contributed by atoms with E-state index in [1.54, 1.807) is 0 Å². The van der Waals surface area contributed by atoms with Crippen molar-refractivity contribution >= 4 is 11.0 Å². The molecule has 15 heavy (non-hydrogen) atoms. The lowest BCUT2D eigenvalue weighted by molar-refractivity contribution is 0.712. The summed E-state index contributed by atoms with van der Waals surface area (Å²) in [4.78, 5) is 4.64. The molecule has 0 amide bonds. The van der Waals surface area contributed by atoms with Crippen molar-refractivity contribution in [3.05, 3.63) is 42.7 Å². The Morgan fingerprint density at radius 3 is 2.93 bits per heavy atom. The van der Waals surface area contributed by atoms with Gasteiger partial charge in [-0.15, -0.1) is 6.58 Å². The summed E-state index contributed by atoms with van der Waals surface area (Å²) in [6.07, 6.45) is 3.91. The molecule has 1 aromatic heterocycles. The maximum Gasteiger partial charge on any atom is 0.110 e. The third-order valence-corrected chi connectivity index (χ3v) is 2.62. The van der Waals surface area contributed by atoms with Crippen LogP contribution in [0.4, 0.5) is 0 Å². The number of benzene rings is 1. The number of hydrogen-bond acceptors (Lipinski definition) is 1. The SMILES string of the molecule is C=CCCc1nc2ccccc2n1CC. The van der Waals surface area contributed by atoms with Gasteiger partial charge in [0, 0.05) is 13.0 Å². The molecule has 2 rings (SSSR count). The zero-order valence-corrected chi connectivity index (χ0v) is 9.11. The molecule has 0 unspecified atom stereocenters. The summed E-state index contributed by atoms with van der Waals surface area (Å²) in [7, 11) is 0. The van der Waals surface area contributed by atoms with Gasteiger partial charge in [0.25, 0.3) is 0 Å². The Hall–Kier alpha value is -1.57. The average molecular weight is 200 g/mol. The van der Waals surface area contributed by atoms with Gasteiger partial charge in [-0.3, -0.25) is 0 Å². The fourth-order valence-corrected chi connectivity index (χ4v) is 1.90. The highest BCUT2D eigenvalue weighted by atomic mass is 15.1. The molecule has 0 atom stereocenters. The first-order valence-electron chi connectivity index (χ1n) is 5.42. The monoisotopic (exact) mass is 200 g/mol. The van der Waals surface area contributed by atoms with Crippen LogP contribution in [0.25, 0.3) is 11.0 Å². The van der Waals surface area contributed by atoms with E-state index in [2.05, 4.69) is 41.3 Å². The van der Waals surface area contributed by atoms with Crippen LogP contribution in [0.5, 0.6) is 0 Å². The van der Waals surface area contributed by atoms with Crippen LogP contribution in [0.15, 0.2) is 36.9 Å². The molecule has 1 aromatic carbocycles. The number of hydrogen-bond donors (Lipinski definition) is 0. The first-order chi connectivity index (χ1) is 7.36. The summed E-state index contributed by atoms with van der Waals surface area (Å²) in [6, 6.07) is 8.29. The van der Waals surface area contributed by atoms with Gasteiger partial charge >= 0.3 is 0 Å². The molecule has 0 aliphatic heterocycles. The lowest BCUT2D eigenvalue weighted by Crippen LogP contribution is -2.01. The minimum Gasteiger partial charge on any atom is -0.328 e. The Bertz CT molecular complexity index is 468. The molecule has 0 aliphatic rings. The number of fused-ring (bicyclic) bond motifs is 1. The van der Waals surface area contributed by atoms with Gasteiger partial charge in [0.1, 0.15) is 5.82 Å². The van der Waals surface area contributed by atoms with Crippen molar-refractivity contribution in [1.29, 1.82) is 0 Å². The molecular formula is C13H16N2. The van der Waals surface area contributed by atoms with Crippen LogP contribution >= 0.6 is 0 Å². The molecule has 0 saturated heterocycles. The Balaban J connectivity index is 2.48. The van der Waals surface area contributed by atoms with Gasteiger partial charge in [0.15, 0.2) is 0 Å². The number of allylic oxidation sites excluding steroid dienone is 1. The number of aromatic nitrogens is 2. The van der Waals surface area contributed by atoms with Gasteiger partial charge < -0.3 is 4.57 Å². The molecule has 1 heterocycles. The van der Waals surface area contributed by atoms with Gasteiger partial charge in [-0.25, -0.2) is 4.98 Å². The minimum absolute atomic E-state index is 0.978. The average Bonchev–Trinajstić information content (AvgIpc) is 2.63. The van der Waals surface area contributed by atoms with E-state index in [4.69, 9.17) is 0 Å². The van der Waals surface area contributed by atoms with E-state index in [1.807, 2.05) is 12.1 Å². The number of para-hydroxylation sites is 2. The standard InChI is InChI=1S/C13H16N2/c1-3-5-10-13-14-11-8-6-7-9-12(11)15(13)4-2/h3,6-9H,1,4-5,10H2,2H3. The first-order valence-corrected chi connectivity index (χ1v) is 5.42. The molecule has 0 radical (unpaired) electrons. The fraction of sp³-hybridized carbons (Fsp3) is 0.308. The van der Waals surface area contributed by atoms with Gasteiger partial charge in [-0.1, -0.05) is 18.2 Å². The van der Waals surface area contributed by atoms with Crippen LogP contribution < -0.4 is 0 Å². The van der Waals surface area contributed by atoms with Crippen LogP contribution in [0, 0.1) is 0 Å². The molecule has 0 N–H and O–H groups in total. The van der Waals surface area contributed by atoms with Crippen molar-refractivity contribution < 1.29 is 0 Å². The normalized spacial score (nSPS) is 10.7. The zero-order valence-electron chi connectivity index (χ0n) is 9.11. The van der Waals surface area contributed by atoms with Crippen molar-refractivity contribution in [2.75, 3.05) is 0 Å². The Morgan fingerprint density at radius 2 is 2.20 bits per heavy atom. The molecule has 2 nitrogen and oxygen atoms in total. The lowest BCUT2D eigenvalue weighted by Gasteiger charge is -2.04. The van der Waals surface area contributed by atoms with Gasteiger partial charge in [-0.2, -0.15) is 0 Å². The van der Waals surface area contributed by atoms with E-state index in [1.165, 1.54) is 11.3 Å². The smallest absolute Gasteiger partial charge is 0.110 e. The van der Waals surface area contributed by atoms with E-state index in [0.29, 0.717) is 0 Å². The van der Waals surface area contributed by atoms with Gasteiger partial charge in [0.05, 0.1) is 11.0 Å².